The lowest BCUT2D eigenvalue weighted by Crippen LogP contribution is -2.54. The Morgan fingerprint density at radius 2 is 2.04 bits per heavy atom. The van der Waals surface area contributed by atoms with Crippen LogP contribution in [0.15, 0.2) is 23.8 Å². The molecule has 0 bridgehead atoms. The first kappa shape index (κ1) is 20.2. The van der Waals surface area contributed by atoms with Crippen LogP contribution in [0.4, 0.5) is 0 Å². The first-order chi connectivity index (χ1) is 11.6. The van der Waals surface area contributed by atoms with Gasteiger partial charge in [-0.25, -0.2) is 0 Å². The minimum atomic E-state index is -0.197. The lowest BCUT2D eigenvalue weighted by Gasteiger charge is -2.59. The fourth-order valence-electron chi connectivity index (χ4n) is 5.59. The van der Waals surface area contributed by atoms with E-state index < -0.39 is 0 Å². The zero-order valence-electron chi connectivity index (χ0n) is 16.8. The van der Waals surface area contributed by atoms with E-state index in [1.165, 1.54) is 5.57 Å². The van der Waals surface area contributed by atoms with Crippen LogP contribution in [0, 0.1) is 22.7 Å². The minimum absolute atomic E-state index is 0.00785. The molecule has 2 fully saturated rings. The Hall–Kier alpha value is -1.09. The number of carbonyl (C=O) groups is 1. The van der Waals surface area contributed by atoms with Crippen molar-refractivity contribution in [3.63, 3.8) is 0 Å². The molecule has 0 heterocycles. The van der Waals surface area contributed by atoms with Crippen molar-refractivity contribution in [2.45, 2.75) is 79.2 Å². The lowest BCUT2D eigenvalue weighted by molar-refractivity contribution is -0.124. The number of likely N-dealkylation sites (N-methyl/N-ethyl adjacent to an activating group) is 1. The van der Waals surface area contributed by atoms with E-state index >= 15 is 0 Å². The Bertz CT molecular complexity index is 548. The molecule has 2 aliphatic rings. The molecule has 2 aliphatic carbocycles. The average molecular weight is 348 g/mol. The maximum Gasteiger partial charge on any atom is 0.243 e. The van der Waals surface area contributed by atoms with E-state index in [4.69, 9.17) is 0 Å². The van der Waals surface area contributed by atoms with Crippen LogP contribution < -0.4 is 5.32 Å². The number of carbonyl (C=O) groups excluding carboxylic acids is 1. The van der Waals surface area contributed by atoms with Crippen LogP contribution in [-0.4, -0.2) is 23.7 Å². The van der Waals surface area contributed by atoms with Crippen LogP contribution in [-0.2, 0) is 4.79 Å². The van der Waals surface area contributed by atoms with E-state index in [9.17, 15) is 9.90 Å². The van der Waals surface area contributed by atoms with Crippen molar-refractivity contribution in [3.05, 3.63) is 23.8 Å². The van der Waals surface area contributed by atoms with Gasteiger partial charge in [-0.1, -0.05) is 38.5 Å². The van der Waals surface area contributed by atoms with Crippen molar-refractivity contribution >= 4 is 5.91 Å². The van der Waals surface area contributed by atoms with Gasteiger partial charge >= 0.3 is 0 Å². The fourth-order valence-corrected chi connectivity index (χ4v) is 5.59. The van der Waals surface area contributed by atoms with Gasteiger partial charge in [-0.05, 0) is 75.0 Å². The molecular formula is C22H37NO2. The zero-order valence-corrected chi connectivity index (χ0v) is 16.8. The van der Waals surface area contributed by atoms with Crippen molar-refractivity contribution in [1.82, 2.24) is 5.32 Å². The van der Waals surface area contributed by atoms with Gasteiger partial charge in [-0.15, -0.1) is 0 Å². The molecule has 1 amide bonds. The Morgan fingerprint density at radius 3 is 2.68 bits per heavy atom. The highest BCUT2D eigenvalue weighted by atomic mass is 16.3. The van der Waals surface area contributed by atoms with Crippen LogP contribution in [0.5, 0.6) is 0 Å². The highest BCUT2D eigenvalue weighted by molar-refractivity contribution is 5.88. The summed E-state index contributed by atoms with van der Waals surface area (Å²) in [6.45, 7) is 16.0. The van der Waals surface area contributed by atoms with Crippen molar-refractivity contribution < 1.29 is 9.90 Å². The van der Waals surface area contributed by atoms with E-state index in [1.807, 2.05) is 6.92 Å². The summed E-state index contributed by atoms with van der Waals surface area (Å²) in [5.41, 5.74) is 2.69. The smallest absolute Gasteiger partial charge is 0.243 e. The maximum atomic E-state index is 11.7. The fraction of sp³-hybridized carbons (Fsp3) is 0.773. The summed E-state index contributed by atoms with van der Waals surface area (Å²) in [7, 11) is 0. The van der Waals surface area contributed by atoms with Gasteiger partial charge in [-0.2, -0.15) is 0 Å². The number of nitrogens with one attached hydrogen (secondary N) is 1. The molecule has 0 spiro atoms. The van der Waals surface area contributed by atoms with Crippen molar-refractivity contribution in [2.75, 3.05) is 6.54 Å². The molecule has 3 heteroatoms. The normalized spacial score (nSPS) is 35.2. The van der Waals surface area contributed by atoms with Gasteiger partial charge in [0.05, 0.1) is 6.10 Å². The quantitative estimate of drug-likeness (QED) is 0.563. The summed E-state index contributed by atoms with van der Waals surface area (Å²) in [5, 5.41) is 13.4. The van der Waals surface area contributed by atoms with Gasteiger partial charge in [0.25, 0.3) is 0 Å². The molecule has 0 aromatic rings. The summed E-state index contributed by atoms with van der Waals surface area (Å²) in [6, 6.07) is 0. The van der Waals surface area contributed by atoms with Crippen molar-refractivity contribution in [1.29, 1.82) is 0 Å². The van der Waals surface area contributed by atoms with Gasteiger partial charge in [0.1, 0.15) is 0 Å². The number of hydrogen-bond donors (Lipinski definition) is 2. The second kappa shape index (κ2) is 7.65. The maximum absolute atomic E-state index is 11.7. The van der Waals surface area contributed by atoms with E-state index in [1.54, 1.807) is 6.08 Å². The largest absolute Gasteiger partial charge is 0.393 e. The molecule has 0 saturated heterocycles. The van der Waals surface area contributed by atoms with Crippen molar-refractivity contribution in [3.8, 4) is 0 Å². The summed E-state index contributed by atoms with van der Waals surface area (Å²) in [4.78, 5) is 11.7. The Morgan fingerprint density at radius 1 is 1.36 bits per heavy atom. The first-order valence-electron chi connectivity index (χ1n) is 9.93. The Balaban J connectivity index is 2.13. The number of fused-ring (bicyclic) bond motifs is 1. The lowest BCUT2D eigenvalue weighted by atomic mass is 9.46. The third-order valence-electron chi connectivity index (χ3n) is 7.11. The standard InChI is InChI=1S/C22H37NO2/c1-7-23-20(25)14-15(2)8-10-17-16(3)9-11-18-21(4,5)19(24)12-13-22(17,18)6/h14,17-19,24H,3,7-13H2,1-2,4-6H3,(H,23,25)/b15-14+/t17-,18-,19-,22+/m1/s1. The molecule has 2 rings (SSSR count). The molecule has 4 atom stereocenters. The SMILES string of the molecule is C=C1CC[C@@H]2C(C)(C)[C@H](O)CC[C@@]2(C)[C@@H]1CC/C(C)=C/C(=O)NCC. The minimum Gasteiger partial charge on any atom is -0.393 e. The van der Waals surface area contributed by atoms with Gasteiger partial charge in [-0.3, -0.25) is 4.79 Å². The van der Waals surface area contributed by atoms with E-state index in [-0.39, 0.29) is 22.8 Å². The third kappa shape index (κ3) is 4.02. The van der Waals surface area contributed by atoms with Crippen LogP contribution in [0.25, 0.3) is 0 Å². The van der Waals surface area contributed by atoms with Crippen LogP contribution in [0.3, 0.4) is 0 Å². The van der Waals surface area contributed by atoms with Gasteiger partial charge in [0.15, 0.2) is 0 Å². The molecule has 0 aliphatic heterocycles. The summed E-state index contributed by atoms with van der Waals surface area (Å²) >= 11 is 0. The predicted molar refractivity (Wildman–Crippen MR) is 104 cm³/mol. The Kier molecular flexibility index (Phi) is 6.19. The first-order valence-corrected chi connectivity index (χ1v) is 9.93. The van der Waals surface area contributed by atoms with E-state index in [0.29, 0.717) is 18.4 Å². The predicted octanol–water partition coefficient (Wildman–Crippen LogP) is 4.62. The molecule has 142 valence electrons. The Labute approximate surface area is 154 Å². The van der Waals surface area contributed by atoms with Crippen LogP contribution >= 0.6 is 0 Å². The monoisotopic (exact) mass is 347 g/mol. The molecule has 0 radical (unpaired) electrons. The number of aliphatic hydroxyl groups excluding tert-OH is 1. The number of amides is 1. The molecule has 2 saturated carbocycles. The summed E-state index contributed by atoms with van der Waals surface area (Å²) < 4.78 is 0. The topological polar surface area (TPSA) is 49.3 Å². The summed E-state index contributed by atoms with van der Waals surface area (Å²) in [5.74, 6) is 1.02. The van der Waals surface area contributed by atoms with E-state index in [0.717, 1.165) is 44.1 Å². The van der Waals surface area contributed by atoms with Crippen LogP contribution in [0.1, 0.15) is 73.1 Å². The van der Waals surface area contributed by atoms with Crippen LogP contribution in [0.2, 0.25) is 0 Å². The highest BCUT2D eigenvalue weighted by Crippen LogP contribution is 2.61. The van der Waals surface area contributed by atoms with Crippen molar-refractivity contribution in [2.24, 2.45) is 22.7 Å². The number of allylic oxidation sites excluding steroid dienone is 2. The summed E-state index contributed by atoms with van der Waals surface area (Å²) in [6.07, 6.45) is 7.71. The van der Waals surface area contributed by atoms with Gasteiger partial charge in [0, 0.05) is 12.6 Å². The molecule has 0 aromatic carbocycles. The molecular weight excluding hydrogens is 310 g/mol. The third-order valence-corrected chi connectivity index (χ3v) is 7.11. The number of aliphatic hydroxyl groups is 1. The zero-order chi connectivity index (χ0) is 18.8. The average Bonchev–Trinajstić information content (AvgIpc) is 2.51. The molecule has 0 aromatic heterocycles. The van der Waals surface area contributed by atoms with E-state index in [2.05, 4.69) is 39.6 Å². The second-order valence-electron chi connectivity index (χ2n) is 9.11. The molecule has 0 unspecified atom stereocenters. The molecule has 2 N–H and O–H groups in total. The van der Waals surface area contributed by atoms with Gasteiger partial charge < -0.3 is 10.4 Å². The number of rotatable bonds is 5. The van der Waals surface area contributed by atoms with Gasteiger partial charge in [0.2, 0.25) is 5.91 Å². The highest BCUT2D eigenvalue weighted by Gasteiger charge is 2.55. The molecule has 3 nitrogen and oxygen atoms in total. The molecule has 25 heavy (non-hydrogen) atoms. The second-order valence-corrected chi connectivity index (χ2v) is 9.11. The number of hydrogen-bond acceptors (Lipinski definition) is 2.